The molecule has 0 aliphatic rings. The number of benzene rings is 3. The average Bonchev–Trinajstić information content (AvgIpc) is 3.24. The Bertz CT molecular complexity index is 1170. The zero-order valence-electron chi connectivity index (χ0n) is 17.0. The van der Waals surface area contributed by atoms with Crippen LogP contribution in [0.1, 0.15) is 16.1 Å². The molecule has 0 bridgehead atoms. The van der Waals surface area contributed by atoms with Gasteiger partial charge in [0.15, 0.2) is 5.76 Å². The molecule has 2 amide bonds. The van der Waals surface area contributed by atoms with Gasteiger partial charge in [0, 0.05) is 23.6 Å². The zero-order valence-corrected chi connectivity index (χ0v) is 17.0. The van der Waals surface area contributed by atoms with E-state index in [0.717, 1.165) is 10.9 Å². The minimum absolute atomic E-state index is 0.161. The Kier molecular flexibility index (Phi) is 5.98. The van der Waals surface area contributed by atoms with E-state index in [2.05, 4.69) is 10.6 Å². The average molecular weight is 414 g/mol. The molecule has 1 heterocycles. The molecule has 0 unspecified atom stereocenters. The molecule has 6 heteroatoms. The summed E-state index contributed by atoms with van der Waals surface area (Å²) in [7, 11) is 1.56. The number of fused-ring (bicyclic) bond motifs is 1. The number of nitrogens with one attached hydrogen (secondary N) is 2. The monoisotopic (exact) mass is 414 g/mol. The quantitative estimate of drug-likeness (QED) is 0.469. The topological polar surface area (TPSA) is 80.6 Å². The second-order valence-corrected chi connectivity index (χ2v) is 7.09. The number of amides is 2. The third-order valence-corrected chi connectivity index (χ3v) is 4.89. The van der Waals surface area contributed by atoms with Crippen LogP contribution in [0.25, 0.3) is 11.0 Å². The van der Waals surface area contributed by atoms with Crippen LogP contribution >= 0.6 is 0 Å². The predicted molar refractivity (Wildman–Crippen MR) is 119 cm³/mol. The molecule has 0 spiro atoms. The molecule has 0 aliphatic carbocycles. The maximum Gasteiger partial charge on any atom is 0.287 e. The van der Waals surface area contributed by atoms with E-state index in [4.69, 9.17) is 9.15 Å². The standard InChI is InChI=1S/C25H22N2O4/c1-30-20-12-7-11-19(16-20)26-24(28)21(14-17-8-3-2-4-9-17)27-25(29)23-15-18-10-5-6-13-22(18)31-23/h2-13,15-16,21H,14H2,1H3,(H,26,28)(H,27,29)/t21-/m0/s1. The summed E-state index contributed by atoms with van der Waals surface area (Å²) in [6.07, 6.45) is 0.336. The largest absolute Gasteiger partial charge is 0.497 e. The van der Waals surface area contributed by atoms with Gasteiger partial charge in [-0.25, -0.2) is 0 Å². The number of anilines is 1. The summed E-state index contributed by atoms with van der Waals surface area (Å²) < 4.78 is 10.9. The first-order valence-corrected chi connectivity index (χ1v) is 9.90. The summed E-state index contributed by atoms with van der Waals surface area (Å²) in [6, 6.07) is 24.8. The van der Waals surface area contributed by atoms with Crippen molar-refractivity contribution in [1.82, 2.24) is 5.32 Å². The Labute approximate surface area is 179 Å². The fraction of sp³-hybridized carbons (Fsp3) is 0.120. The van der Waals surface area contributed by atoms with E-state index < -0.39 is 11.9 Å². The number of carbonyl (C=O) groups is 2. The van der Waals surface area contributed by atoms with Crippen LogP contribution in [0.4, 0.5) is 5.69 Å². The van der Waals surface area contributed by atoms with Gasteiger partial charge in [-0.15, -0.1) is 0 Å². The lowest BCUT2D eigenvalue weighted by molar-refractivity contribution is -0.118. The molecule has 0 saturated carbocycles. The Hall–Kier alpha value is -4.06. The van der Waals surface area contributed by atoms with Crippen molar-refractivity contribution in [1.29, 1.82) is 0 Å². The van der Waals surface area contributed by atoms with Crippen molar-refractivity contribution in [2.24, 2.45) is 0 Å². The van der Waals surface area contributed by atoms with E-state index in [1.54, 1.807) is 43.5 Å². The number of methoxy groups -OCH3 is 1. The number of carbonyl (C=O) groups excluding carboxylic acids is 2. The zero-order chi connectivity index (χ0) is 21.6. The SMILES string of the molecule is COc1cccc(NC(=O)[C@H](Cc2ccccc2)NC(=O)c2cc3ccccc3o2)c1. The van der Waals surface area contributed by atoms with Crippen LogP contribution in [0.2, 0.25) is 0 Å². The van der Waals surface area contributed by atoms with Crippen molar-refractivity contribution in [3.05, 3.63) is 96.3 Å². The first-order valence-electron chi connectivity index (χ1n) is 9.90. The first-order chi connectivity index (χ1) is 15.1. The second-order valence-electron chi connectivity index (χ2n) is 7.09. The molecule has 3 aromatic carbocycles. The van der Waals surface area contributed by atoms with Gasteiger partial charge in [0.05, 0.1) is 7.11 Å². The van der Waals surface area contributed by atoms with Crippen LogP contribution < -0.4 is 15.4 Å². The normalized spacial score (nSPS) is 11.6. The highest BCUT2D eigenvalue weighted by molar-refractivity contribution is 6.01. The van der Waals surface area contributed by atoms with Crippen LogP contribution in [0.15, 0.2) is 89.3 Å². The van der Waals surface area contributed by atoms with E-state index in [-0.39, 0.29) is 11.7 Å². The van der Waals surface area contributed by atoms with Crippen LogP contribution in [-0.2, 0) is 11.2 Å². The third kappa shape index (κ3) is 4.93. The number of para-hydroxylation sites is 1. The molecule has 0 fully saturated rings. The summed E-state index contributed by atoms with van der Waals surface area (Å²) in [5.41, 5.74) is 2.13. The molecular weight excluding hydrogens is 392 g/mol. The first kappa shape index (κ1) is 20.2. The number of ether oxygens (including phenoxy) is 1. The van der Waals surface area contributed by atoms with Crippen molar-refractivity contribution in [2.75, 3.05) is 12.4 Å². The Morgan fingerprint density at radius 1 is 0.935 bits per heavy atom. The highest BCUT2D eigenvalue weighted by atomic mass is 16.5. The third-order valence-electron chi connectivity index (χ3n) is 4.89. The van der Waals surface area contributed by atoms with E-state index in [1.165, 1.54) is 0 Å². The number of hydrogen-bond acceptors (Lipinski definition) is 4. The Morgan fingerprint density at radius 2 is 1.71 bits per heavy atom. The summed E-state index contributed by atoms with van der Waals surface area (Å²) in [4.78, 5) is 25.9. The van der Waals surface area contributed by atoms with Gasteiger partial charge in [-0.1, -0.05) is 54.6 Å². The van der Waals surface area contributed by atoms with E-state index >= 15 is 0 Å². The van der Waals surface area contributed by atoms with Crippen molar-refractivity contribution in [3.8, 4) is 5.75 Å². The molecule has 1 atom stereocenters. The van der Waals surface area contributed by atoms with E-state index in [0.29, 0.717) is 23.4 Å². The summed E-state index contributed by atoms with van der Waals surface area (Å²) in [5, 5.41) is 6.50. The molecule has 0 aliphatic heterocycles. The summed E-state index contributed by atoms with van der Waals surface area (Å²) in [6.45, 7) is 0. The van der Waals surface area contributed by atoms with Crippen LogP contribution in [0.5, 0.6) is 5.75 Å². The van der Waals surface area contributed by atoms with Gasteiger partial charge in [0.1, 0.15) is 17.4 Å². The molecule has 0 radical (unpaired) electrons. The molecule has 4 aromatic rings. The number of rotatable bonds is 7. The summed E-state index contributed by atoms with van der Waals surface area (Å²) in [5.74, 6) is 0.0108. The minimum Gasteiger partial charge on any atom is -0.497 e. The van der Waals surface area contributed by atoms with Gasteiger partial charge >= 0.3 is 0 Å². The Balaban J connectivity index is 1.55. The molecule has 4 rings (SSSR count). The minimum atomic E-state index is -0.797. The summed E-state index contributed by atoms with van der Waals surface area (Å²) >= 11 is 0. The lowest BCUT2D eigenvalue weighted by atomic mass is 10.0. The molecule has 0 saturated heterocycles. The second kappa shape index (κ2) is 9.17. The van der Waals surface area contributed by atoms with Crippen LogP contribution in [0.3, 0.4) is 0 Å². The van der Waals surface area contributed by atoms with Crippen molar-refractivity contribution < 1.29 is 18.7 Å². The van der Waals surface area contributed by atoms with E-state index in [1.807, 2.05) is 48.5 Å². The van der Waals surface area contributed by atoms with Crippen molar-refractivity contribution in [2.45, 2.75) is 12.5 Å². The van der Waals surface area contributed by atoms with Gasteiger partial charge in [0.2, 0.25) is 5.91 Å². The van der Waals surface area contributed by atoms with Gasteiger partial charge in [-0.3, -0.25) is 9.59 Å². The number of furan rings is 1. The Morgan fingerprint density at radius 3 is 2.48 bits per heavy atom. The molecule has 1 aromatic heterocycles. The molecule has 2 N–H and O–H groups in total. The van der Waals surface area contributed by atoms with Crippen LogP contribution in [-0.4, -0.2) is 25.0 Å². The highest BCUT2D eigenvalue weighted by Crippen LogP contribution is 2.20. The van der Waals surface area contributed by atoms with Gasteiger partial charge in [-0.2, -0.15) is 0 Å². The fourth-order valence-electron chi connectivity index (χ4n) is 3.31. The molecule has 156 valence electrons. The maximum absolute atomic E-state index is 13.1. The predicted octanol–water partition coefficient (Wildman–Crippen LogP) is 4.42. The highest BCUT2D eigenvalue weighted by Gasteiger charge is 2.24. The van der Waals surface area contributed by atoms with Gasteiger partial charge in [-0.05, 0) is 29.8 Å². The fourth-order valence-corrected chi connectivity index (χ4v) is 3.31. The number of hydrogen-bond donors (Lipinski definition) is 2. The molecule has 6 nitrogen and oxygen atoms in total. The van der Waals surface area contributed by atoms with Crippen molar-refractivity contribution >= 4 is 28.5 Å². The lowest BCUT2D eigenvalue weighted by Crippen LogP contribution is -2.45. The van der Waals surface area contributed by atoms with Gasteiger partial charge in [0.25, 0.3) is 5.91 Å². The van der Waals surface area contributed by atoms with Crippen molar-refractivity contribution in [3.63, 3.8) is 0 Å². The molecule has 31 heavy (non-hydrogen) atoms. The smallest absolute Gasteiger partial charge is 0.287 e. The van der Waals surface area contributed by atoms with Gasteiger partial charge < -0.3 is 19.8 Å². The van der Waals surface area contributed by atoms with E-state index in [9.17, 15) is 9.59 Å². The van der Waals surface area contributed by atoms with Crippen LogP contribution in [0, 0.1) is 0 Å². The molecular formula is C25H22N2O4. The lowest BCUT2D eigenvalue weighted by Gasteiger charge is -2.18. The maximum atomic E-state index is 13.1.